The highest BCUT2D eigenvalue weighted by Gasteiger charge is 2.20. The molecule has 0 bridgehead atoms. The van der Waals surface area contributed by atoms with Crippen LogP contribution in [0.5, 0.6) is 0 Å². The molecule has 3 rings (SSSR count). The lowest BCUT2D eigenvalue weighted by Gasteiger charge is -2.13. The van der Waals surface area contributed by atoms with Crippen molar-refractivity contribution in [2.45, 2.75) is 39.3 Å². The minimum atomic E-state index is -0.132. The number of fused-ring (bicyclic) bond motifs is 1. The Bertz CT molecular complexity index is 820. The van der Waals surface area contributed by atoms with Crippen LogP contribution in [0.25, 0.3) is 6.08 Å². The highest BCUT2D eigenvalue weighted by Crippen LogP contribution is 2.20. The Labute approximate surface area is 141 Å². The third-order valence-electron chi connectivity index (χ3n) is 4.32. The van der Waals surface area contributed by atoms with Crippen molar-refractivity contribution in [1.29, 1.82) is 0 Å². The third kappa shape index (κ3) is 3.32. The second kappa shape index (κ2) is 7.30. The molecule has 2 aromatic rings. The van der Waals surface area contributed by atoms with Gasteiger partial charge in [0.25, 0.3) is 11.5 Å². The molecule has 0 fully saturated rings. The molecule has 0 radical (unpaired) electrons. The van der Waals surface area contributed by atoms with Gasteiger partial charge in [0.2, 0.25) is 0 Å². The molecule has 1 aromatic heterocycles. The third-order valence-corrected chi connectivity index (χ3v) is 4.32. The number of allylic oxidation sites excluding steroid dienone is 1. The van der Waals surface area contributed by atoms with Crippen molar-refractivity contribution >= 4 is 12.0 Å². The molecule has 1 heterocycles. The van der Waals surface area contributed by atoms with Crippen molar-refractivity contribution in [2.75, 3.05) is 0 Å². The number of benzene rings is 1. The molecule has 1 amide bonds. The molecule has 4 nitrogen and oxygen atoms in total. The maximum atomic E-state index is 12.7. The van der Waals surface area contributed by atoms with E-state index in [0.29, 0.717) is 25.1 Å². The number of rotatable bonds is 6. The Morgan fingerprint density at radius 1 is 1.25 bits per heavy atom. The van der Waals surface area contributed by atoms with E-state index in [2.05, 4.69) is 12.2 Å². The Kier molecular flexibility index (Phi) is 4.94. The van der Waals surface area contributed by atoms with Crippen LogP contribution in [0.2, 0.25) is 0 Å². The number of hydrogen-bond acceptors (Lipinski definition) is 2. The molecule has 1 aliphatic carbocycles. The van der Waals surface area contributed by atoms with Crippen molar-refractivity contribution in [3.8, 4) is 0 Å². The summed E-state index contributed by atoms with van der Waals surface area (Å²) in [5, 5.41) is 2.96. The van der Waals surface area contributed by atoms with Crippen molar-refractivity contribution in [1.82, 2.24) is 9.88 Å². The molecule has 0 unspecified atom stereocenters. The lowest BCUT2D eigenvalue weighted by Crippen LogP contribution is -2.30. The molecule has 0 saturated carbocycles. The van der Waals surface area contributed by atoms with E-state index in [0.717, 1.165) is 29.5 Å². The topological polar surface area (TPSA) is 51.1 Å². The zero-order chi connectivity index (χ0) is 16.9. The number of carbonyl (C=O) groups is 1. The molecule has 24 heavy (non-hydrogen) atoms. The lowest BCUT2D eigenvalue weighted by molar-refractivity contribution is 0.0949. The highest BCUT2D eigenvalue weighted by molar-refractivity contribution is 5.98. The summed E-state index contributed by atoms with van der Waals surface area (Å²) in [7, 11) is 0. The van der Waals surface area contributed by atoms with Gasteiger partial charge in [-0.3, -0.25) is 9.59 Å². The Morgan fingerprint density at radius 3 is 2.79 bits per heavy atom. The van der Waals surface area contributed by atoms with Crippen molar-refractivity contribution < 1.29 is 4.79 Å². The van der Waals surface area contributed by atoms with Crippen LogP contribution in [0.15, 0.2) is 47.4 Å². The number of nitrogens with zero attached hydrogens (tertiary/aromatic N) is 1. The highest BCUT2D eigenvalue weighted by atomic mass is 16.2. The quantitative estimate of drug-likeness (QED) is 0.888. The van der Waals surface area contributed by atoms with E-state index in [9.17, 15) is 9.59 Å². The number of amides is 1. The second-order valence-electron chi connectivity index (χ2n) is 6.06. The summed E-state index contributed by atoms with van der Waals surface area (Å²) in [5.74, 6) is -0.132. The SMILES string of the molecule is CCCCn1cc(C(=O)NCc2ccccc2)c2c(c1=O)CC=C2. The van der Waals surface area contributed by atoms with Gasteiger partial charge in [0, 0.05) is 24.8 Å². The van der Waals surface area contributed by atoms with Crippen LogP contribution in [0.4, 0.5) is 0 Å². The van der Waals surface area contributed by atoms with Gasteiger partial charge in [-0.25, -0.2) is 0 Å². The molecule has 1 aromatic carbocycles. The van der Waals surface area contributed by atoms with Gasteiger partial charge in [0.15, 0.2) is 0 Å². The Balaban J connectivity index is 1.86. The van der Waals surface area contributed by atoms with E-state index >= 15 is 0 Å². The number of carbonyl (C=O) groups excluding carboxylic acids is 1. The first kappa shape index (κ1) is 16.2. The number of pyridine rings is 1. The fraction of sp³-hybridized carbons (Fsp3) is 0.300. The number of unbranched alkanes of at least 4 members (excludes halogenated alkanes) is 1. The second-order valence-corrected chi connectivity index (χ2v) is 6.06. The maximum Gasteiger partial charge on any atom is 0.254 e. The molecule has 0 aliphatic heterocycles. The van der Waals surface area contributed by atoms with Crippen molar-refractivity contribution in [3.05, 3.63) is 75.2 Å². The predicted molar refractivity (Wildman–Crippen MR) is 96.0 cm³/mol. The van der Waals surface area contributed by atoms with Gasteiger partial charge in [0.05, 0.1) is 5.56 Å². The normalized spacial score (nSPS) is 12.2. The van der Waals surface area contributed by atoms with Crippen LogP contribution in [0.1, 0.15) is 46.8 Å². The van der Waals surface area contributed by atoms with Gasteiger partial charge >= 0.3 is 0 Å². The minimum Gasteiger partial charge on any atom is -0.348 e. The smallest absolute Gasteiger partial charge is 0.254 e. The van der Waals surface area contributed by atoms with Gasteiger partial charge in [0.1, 0.15) is 0 Å². The number of aryl methyl sites for hydroxylation is 1. The van der Waals surface area contributed by atoms with E-state index in [1.807, 2.05) is 42.5 Å². The first-order valence-electron chi connectivity index (χ1n) is 8.45. The van der Waals surface area contributed by atoms with Crippen LogP contribution < -0.4 is 10.9 Å². The van der Waals surface area contributed by atoms with Crippen LogP contribution in [0, 0.1) is 0 Å². The zero-order valence-electron chi connectivity index (χ0n) is 13.9. The molecular weight excluding hydrogens is 300 g/mol. The Morgan fingerprint density at radius 2 is 2.04 bits per heavy atom. The summed E-state index contributed by atoms with van der Waals surface area (Å²) < 4.78 is 1.69. The summed E-state index contributed by atoms with van der Waals surface area (Å²) in [5.41, 5.74) is 3.18. The van der Waals surface area contributed by atoms with Crippen LogP contribution in [-0.4, -0.2) is 10.5 Å². The summed E-state index contributed by atoms with van der Waals surface area (Å²) in [6.07, 6.45) is 8.10. The standard InChI is InChI=1S/C20H22N2O2/c1-2-3-12-22-14-18(16-10-7-11-17(16)20(22)24)19(23)21-13-15-8-5-4-6-9-15/h4-10,14H,2-3,11-13H2,1H3,(H,21,23). The fourth-order valence-corrected chi connectivity index (χ4v) is 2.97. The van der Waals surface area contributed by atoms with Gasteiger partial charge in [-0.2, -0.15) is 0 Å². The minimum absolute atomic E-state index is 0.0306. The van der Waals surface area contributed by atoms with Crippen molar-refractivity contribution in [2.24, 2.45) is 0 Å². The molecule has 1 aliphatic rings. The van der Waals surface area contributed by atoms with Crippen molar-refractivity contribution in [3.63, 3.8) is 0 Å². The monoisotopic (exact) mass is 322 g/mol. The Hall–Kier alpha value is -2.62. The molecule has 0 saturated heterocycles. The van der Waals surface area contributed by atoms with Gasteiger partial charge in [-0.05, 0) is 24.0 Å². The molecule has 4 heteroatoms. The molecule has 124 valence electrons. The number of aromatic nitrogens is 1. The van der Waals surface area contributed by atoms with Gasteiger partial charge in [-0.1, -0.05) is 55.8 Å². The predicted octanol–water partition coefficient (Wildman–Crippen LogP) is 3.15. The summed E-state index contributed by atoms with van der Waals surface area (Å²) in [6.45, 7) is 3.22. The average Bonchev–Trinajstić information content (AvgIpc) is 3.10. The number of nitrogens with one attached hydrogen (secondary N) is 1. The van der Waals surface area contributed by atoms with Gasteiger partial charge < -0.3 is 9.88 Å². The van der Waals surface area contributed by atoms with E-state index in [4.69, 9.17) is 0 Å². The first-order chi connectivity index (χ1) is 11.7. The maximum absolute atomic E-state index is 12.7. The molecular formula is C20H22N2O2. The van der Waals surface area contributed by atoms with E-state index in [1.165, 1.54) is 0 Å². The molecule has 0 atom stereocenters. The average molecular weight is 322 g/mol. The summed E-state index contributed by atoms with van der Waals surface area (Å²) in [6, 6.07) is 9.81. The van der Waals surface area contributed by atoms with E-state index < -0.39 is 0 Å². The van der Waals surface area contributed by atoms with Crippen LogP contribution >= 0.6 is 0 Å². The van der Waals surface area contributed by atoms with Gasteiger partial charge in [-0.15, -0.1) is 0 Å². The molecule has 0 spiro atoms. The van der Waals surface area contributed by atoms with E-state index in [-0.39, 0.29) is 11.5 Å². The lowest BCUT2D eigenvalue weighted by atomic mass is 10.1. The summed E-state index contributed by atoms with van der Waals surface area (Å²) >= 11 is 0. The summed E-state index contributed by atoms with van der Waals surface area (Å²) in [4.78, 5) is 25.2. The largest absolute Gasteiger partial charge is 0.348 e. The molecule has 1 N–H and O–H groups in total. The van der Waals surface area contributed by atoms with Crippen LogP contribution in [0.3, 0.4) is 0 Å². The van der Waals surface area contributed by atoms with Crippen LogP contribution in [-0.2, 0) is 19.5 Å². The van der Waals surface area contributed by atoms with E-state index in [1.54, 1.807) is 10.8 Å². The first-order valence-corrected chi connectivity index (χ1v) is 8.45. The fourth-order valence-electron chi connectivity index (χ4n) is 2.97. The zero-order valence-corrected chi connectivity index (χ0v) is 13.9. The number of hydrogen-bond donors (Lipinski definition) is 1.